The van der Waals surface area contributed by atoms with Gasteiger partial charge in [-0.05, 0) is 21.0 Å². The molecule has 0 aliphatic carbocycles. The van der Waals surface area contributed by atoms with Crippen LogP contribution < -0.4 is 10.4 Å². The fourth-order valence-corrected chi connectivity index (χ4v) is 9.46. The summed E-state index contributed by atoms with van der Waals surface area (Å²) in [7, 11) is -6.39. The largest absolute Gasteiger partial charge is 0.407 e. The topological polar surface area (TPSA) is 71.1 Å². The van der Waals surface area contributed by atoms with Crippen LogP contribution in [-0.4, -0.2) is 49.6 Å². The van der Waals surface area contributed by atoms with E-state index in [-0.39, 0.29) is 37.6 Å². The van der Waals surface area contributed by atoms with Gasteiger partial charge in [0, 0.05) is 12.5 Å². The van der Waals surface area contributed by atoms with E-state index >= 15 is 0 Å². The zero-order valence-electron chi connectivity index (χ0n) is 22.1. The van der Waals surface area contributed by atoms with E-state index in [4.69, 9.17) is 18.1 Å². The minimum absolute atomic E-state index is 0.0320. The molecule has 0 aliphatic rings. The van der Waals surface area contributed by atoms with Crippen LogP contribution in [0.3, 0.4) is 0 Å². The Morgan fingerprint density at radius 3 is 1.73 bits per heavy atom. The Kier molecular flexibility index (Phi) is 10.6. The number of rotatable bonds is 14. The number of ether oxygens (including phenoxy) is 2. The van der Waals surface area contributed by atoms with Crippen molar-refractivity contribution >= 4 is 28.8 Å². The average molecular weight is 543 g/mol. The van der Waals surface area contributed by atoms with Crippen LogP contribution in [0, 0.1) is 5.92 Å². The molecule has 0 amide bonds. The van der Waals surface area contributed by atoms with E-state index in [1.807, 2.05) is 66.7 Å². The molecule has 0 spiro atoms. The van der Waals surface area contributed by atoms with Gasteiger partial charge in [0.2, 0.25) is 0 Å². The van der Waals surface area contributed by atoms with Gasteiger partial charge in [-0.1, -0.05) is 112 Å². The van der Waals surface area contributed by atoms with E-state index in [1.165, 1.54) is 0 Å². The summed E-state index contributed by atoms with van der Waals surface area (Å²) in [6.07, 6.45) is 1.05. The van der Waals surface area contributed by atoms with E-state index in [0.29, 0.717) is 6.61 Å². The van der Waals surface area contributed by atoms with Gasteiger partial charge >= 0.3 is 0 Å². The fraction of sp³-hybridized carbons (Fsp3) is 0.379. The van der Waals surface area contributed by atoms with Crippen LogP contribution in [0.5, 0.6) is 0 Å². The van der Waals surface area contributed by atoms with Crippen molar-refractivity contribution in [3.05, 3.63) is 96.6 Å². The van der Waals surface area contributed by atoms with Gasteiger partial charge in [0.05, 0.1) is 26.1 Å². The Bertz CT molecular complexity index is 1130. The van der Waals surface area contributed by atoms with E-state index in [9.17, 15) is 8.42 Å². The predicted octanol–water partition coefficient (Wildman–Crippen LogP) is 4.35. The highest BCUT2D eigenvalue weighted by Crippen LogP contribution is 2.37. The Balaban J connectivity index is 1.77. The van der Waals surface area contributed by atoms with Crippen LogP contribution in [0.15, 0.2) is 91.0 Å². The van der Waals surface area contributed by atoms with Gasteiger partial charge in [-0.25, -0.2) is 0 Å². The summed E-state index contributed by atoms with van der Waals surface area (Å²) in [6, 6.07) is 30.5. The number of hydrogen-bond acceptors (Lipinski definition) is 6. The van der Waals surface area contributed by atoms with Crippen LogP contribution in [-0.2, 0) is 34.8 Å². The molecule has 0 saturated carbocycles. The zero-order chi connectivity index (χ0) is 26.8. The minimum Gasteiger partial charge on any atom is -0.407 e. The molecular weight excluding hydrogens is 504 g/mol. The molecule has 0 saturated heterocycles. The molecule has 3 aromatic carbocycles. The van der Waals surface area contributed by atoms with Gasteiger partial charge in [0.25, 0.3) is 18.4 Å². The lowest BCUT2D eigenvalue weighted by atomic mass is 10.2. The lowest BCUT2D eigenvalue weighted by Gasteiger charge is -2.43. The Labute approximate surface area is 222 Å². The average Bonchev–Trinajstić information content (AvgIpc) is 2.87. The van der Waals surface area contributed by atoms with E-state index in [1.54, 1.807) is 0 Å². The molecule has 3 aromatic rings. The molecule has 0 heterocycles. The maximum atomic E-state index is 11.8. The second-order valence-corrected chi connectivity index (χ2v) is 16.1. The summed E-state index contributed by atoms with van der Waals surface area (Å²) in [4.78, 5) is 0. The molecule has 200 valence electrons. The van der Waals surface area contributed by atoms with Crippen LogP contribution in [0.2, 0.25) is 5.04 Å². The van der Waals surface area contributed by atoms with Crippen molar-refractivity contribution in [2.24, 2.45) is 5.92 Å². The molecule has 6 nitrogen and oxygen atoms in total. The molecule has 0 fully saturated rings. The maximum Gasteiger partial charge on any atom is 0.264 e. The molecule has 0 radical (unpaired) electrons. The van der Waals surface area contributed by atoms with Crippen molar-refractivity contribution in [3.63, 3.8) is 0 Å². The predicted molar refractivity (Wildman–Crippen MR) is 150 cm³/mol. The Morgan fingerprint density at radius 2 is 1.24 bits per heavy atom. The van der Waals surface area contributed by atoms with Gasteiger partial charge in [-0.2, -0.15) is 8.42 Å². The zero-order valence-corrected chi connectivity index (χ0v) is 23.9. The lowest BCUT2D eigenvalue weighted by molar-refractivity contribution is -0.0784. The molecule has 3 rings (SSSR count). The van der Waals surface area contributed by atoms with Crippen molar-refractivity contribution in [2.75, 3.05) is 32.9 Å². The van der Waals surface area contributed by atoms with Crippen LogP contribution >= 0.6 is 0 Å². The summed E-state index contributed by atoms with van der Waals surface area (Å²) in [5, 5.41) is 2.12. The lowest BCUT2D eigenvalue weighted by Crippen LogP contribution is -2.67. The SMILES string of the molecule is CC(C)(C)[Si](OCC(COCOCc1ccccc1)COS(C)(=O)=O)(c1ccccc1)c1ccccc1. The molecule has 0 aromatic heterocycles. The van der Waals surface area contributed by atoms with Gasteiger partial charge in [-0.3, -0.25) is 4.18 Å². The smallest absolute Gasteiger partial charge is 0.264 e. The van der Waals surface area contributed by atoms with E-state index in [2.05, 4.69) is 45.0 Å². The second kappa shape index (κ2) is 13.5. The molecule has 0 N–H and O–H groups in total. The van der Waals surface area contributed by atoms with Crippen molar-refractivity contribution in [1.82, 2.24) is 0 Å². The van der Waals surface area contributed by atoms with E-state index in [0.717, 1.165) is 22.2 Å². The van der Waals surface area contributed by atoms with Crippen LogP contribution in [0.25, 0.3) is 0 Å². The van der Waals surface area contributed by atoms with Crippen molar-refractivity contribution in [2.45, 2.75) is 32.4 Å². The standard InChI is InChI=1S/C29H38O6SSi/c1-29(2,3)37(27-16-10-6-11-17-27,28-18-12-7-13-19-28)35-23-26(22-34-36(4,30)31)21-33-24-32-20-25-14-8-5-9-15-25/h5-19,26H,20-24H2,1-4H3. The first-order chi connectivity index (χ1) is 17.6. The fourth-order valence-electron chi connectivity index (χ4n) is 4.38. The van der Waals surface area contributed by atoms with Gasteiger partial charge in [0.15, 0.2) is 0 Å². The van der Waals surface area contributed by atoms with Gasteiger partial charge in [-0.15, -0.1) is 0 Å². The van der Waals surface area contributed by atoms with Crippen LogP contribution in [0.4, 0.5) is 0 Å². The number of hydrogen-bond donors (Lipinski definition) is 0. The highest BCUT2D eigenvalue weighted by Gasteiger charge is 2.50. The second-order valence-electron chi connectivity index (χ2n) is 10.2. The van der Waals surface area contributed by atoms with Crippen molar-refractivity contribution in [1.29, 1.82) is 0 Å². The highest BCUT2D eigenvalue weighted by molar-refractivity contribution is 7.85. The Hall–Kier alpha value is -2.33. The molecule has 1 unspecified atom stereocenters. The van der Waals surface area contributed by atoms with Crippen molar-refractivity contribution < 1.29 is 26.5 Å². The first-order valence-corrected chi connectivity index (χ1v) is 16.1. The summed E-state index contributed by atoms with van der Waals surface area (Å²) in [5.41, 5.74) is 1.05. The molecule has 8 heteroatoms. The van der Waals surface area contributed by atoms with Crippen LogP contribution in [0.1, 0.15) is 26.3 Å². The first-order valence-electron chi connectivity index (χ1n) is 12.4. The molecule has 0 aliphatic heterocycles. The Morgan fingerprint density at radius 1 is 0.730 bits per heavy atom. The summed E-state index contributed by atoms with van der Waals surface area (Å²) in [5.74, 6) is -0.309. The monoisotopic (exact) mass is 542 g/mol. The molecular formula is C29H38O6SSi. The highest BCUT2D eigenvalue weighted by atomic mass is 32.2. The maximum absolute atomic E-state index is 11.8. The van der Waals surface area contributed by atoms with Gasteiger partial charge < -0.3 is 13.9 Å². The molecule has 1 atom stereocenters. The third kappa shape index (κ3) is 8.60. The number of benzene rings is 3. The molecule has 37 heavy (non-hydrogen) atoms. The minimum atomic E-state index is -3.61. The quantitative estimate of drug-likeness (QED) is 0.131. The van der Waals surface area contributed by atoms with Gasteiger partial charge in [0.1, 0.15) is 6.79 Å². The summed E-state index contributed by atoms with van der Waals surface area (Å²) in [6.45, 7) is 7.62. The van der Waals surface area contributed by atoms with E-state index < -0.39 is 18.4 Å². The first kappa shape index (κ1) is 29.2. The van der Waals surface area contributed by atoms with Crippen molar-refractivity contribution in [3.8, 4) is 0 Å². The summed E-state index contributed by atoms with van der Waals surface area (Å²) < 4.78 is 47.1. The summed E-state index contributed by atoms with van der Waals surface area (Å²) >= 11 is 0. The third-order valence-electron chi connectivity index (χ3n) is 6.10. The third-order valence-corrected chi connectivity index (χ3v) is 11.7. The molecule has 0 bridgehead atoms. The normalized spacial score (nSPS) is 13.4.